The molecule has 2 aromatic heterocycles. The van der Waals surface area contributed by atoms with Crippen LogP contribution in [0.5, 0.6) is 0 Å². The van der Waals surface area contributed by atoms with Gasteiger partial charge in [0.2, 0.25) is 5.60 Å². The lowest BCUT2D eigenvalue weighted by molar-refractivity contribution is -0.161. The van der Waals surface area contributed by atoms with Crippen molar-refractivity contribution >= 4 is 56.4 Å². The summed E-state index contributed by atoms with van der Waals surface area (Å²) in [4.78, 5) is 57.5. The zero-order chi connectivity index (χ0) is 28.4. The van der Waals surface area contributed by atoms with Gasteiger partial charge in [0, 0.05) is 5.38 Å². The predicted molar refractivity (Wildman–Crippen MR) is 124 cm³/mol. The molecule has 0 spiro atoms. The van der Waals surface area contributed by atoms with Crippen LogP contribution < -0.4 is 16.8 Å². The Morgan fingerprint density at radius 3 is 2.58 bits per heavy atom. The van der Waals surface area contributed by atoms with Crippen LogP contribution in [0.1, 0.15) is 25.2 Å². The van der Waals surface area contributed by atoms with E-state index in [9.17, 15) is 37.3 Å². The van der Waals surface area contributed by atoms with Gasteiger partial charge < -0.3 is 31.5 Å². The molecule has 2 atom stereocenters. The molecule has 1 saturated heterocycles. The van der Waals surface area contributed by atoms with E-state index in [-0.39, 0.29) is 27.4 Å². The second-order valence-corrected chi connectivity index (χ2v) is 10.2. The van der Waals surface area contributed by atoms with Crippen LogP contribution >= 0.6 is 11.3 Å². The lowest BCUT2D eigenvalue weighted by atomic mass is 9.98. The molecule has 2 aromatic rings. The van der Waals surface area contributed by atoms with E-state index in [1.54, 1.807) is 0 Å². The highest BCUT2D eigenvalue weighted by molar-refractivity contribution is 7.84. The quantitative estimate of drug-likeness (QED) is 0.0815. The maximum Gasteiger partial charge on any atom is 0.404 e. The van der Waals surface area contributed by atoms with E-state index in [1.807, 2.05) is 0 Å². The molecule has 1 aliphatic rings. The molecular weight excluding hydrogens is 554 g/mol. The fourth-order valence-electron chi connectivity index (χ4n) is 2.95. The van der Waals surface area contributed by atoms with Crippen LogP contribution in [-0.2, 0) is 47.4 Å². The van der Waals surface area contributed by atoms with Gasteiger partial charge in [-0.15, -0.1) is 11.3 Å². The minimum atomic E-state index is -5.05. The summed E-state index contributed by atoms with van der Waals surface area (Å²) in [6.07, 6.45) is 0.104. The molecule has 3 heterocycles. The van der Waals surface area contributed by atoms with Crippen LogP contribution in [0.15, 0.2) is 16.7 Å². The topological polar surface area (TPSA) is 285 Å². The fraction of sp³-hybridized carbons (Fsp3) is 0.412. The van der Waals surface area contributed by atoms with Crippen LogP contribution in [0.2, 0.25) is 0 Å². The molecule has 1 fully saturated rings. The number of aromatic nitrogens is 4. The number of hydrogen-bond acceptors (Lipinski definition) is 14. The van der Waals surface area contributed by atoms with Crippen molar-refractivity contribution in [3.05, 3.63) is 23.0 Å². The van der Waals surface area contributed by atoms with Crippen molar-refractivity contribution in [3.8, 4) is 0 Å². The molecule has 0 aliphatic carbocycles. The summed E-state index contributed by atoms with van der Waals surface area (Å²) in [7, 11) is -5.05. The van der Waals surface area contributed by atoms with Crippen LogP contribution in [-0.4, -0.2) is 89.6 Å². The Labute approximate surface area is 217 Å². The molecule has 3 amide bonds. The number of hydrogen-bond donors (Lipinski definition) is 5. The van der Waals surface area contributed by atoms with Crippen molar-refractivity contribution in [1.82, 2.24) is 29.6 Å². The van der Waals surface area contributed by atoms with Gasteiger partial charge in [0.15, 0.2) is 10.8 Å². The molecule has 19 nitrogen and oxygen atoms in total. The van der Waals surface area contributed by atoms with Crippen molar-refractivity contribution in [1.29, 1.82) is 0 Å². The average molecular weight is 576 g/mol. The maximum absolute atomic E-state index is 13.1. The summed E-state index contributed by atoms with van der Waals surface area (Å²) >= 11 is 0.930. The highest BCUT2D eigenvalue weighted by Crippen LogP contribution is 2.25. The Morgan fingerprint density at radius 2 is 2.03 bits per heavy atom. The molecule has 3 rings (SSSR count). The van der Waals surface area contributed by atoms with Gasteiger partial charge in [0.1, 0.15) is 30.1 Å². The normalized spacial score (nSPS) is 18.0. The van der Waals surface area contributed by atoms with E-state index in [0.717, 1.165) is 16.1 Å². The number of anilines is 1. The number of carboxylic acid groups (broad SMARTS) is 1. The molecule has 7 N–H and O–H groups in total. The van der Waals surface area contributed by atoms with Gasteiger partial charge in [-0.3, -0.25) is 14.1 Å². The Hall–Kier alpha value is -4.37. The summed E-state index contributed by atoms with van der Waals surface area (Å²) in [6, 6.07) is -2.94. The Kier molecular flexibility index (Phi) is 7.83. The molecule has 0 radical (unpaired) electrons. The number of ether oxygens (including phenoxy) is 1. The minimum absolute atomic E-state index is 0.0361. The summed E-state index contributed by atoms with van der Waals surface area (Å²) in [6.45, 7) is 1.55. The van der Waals surface area contributed by atoms with Crippen molar-refractivity contribution < 1.29 is 46.8 Å². The largest absolute Gasteiger partial charge is 0.478 e. The van der Waals surface area contributed by atoms with Crippen LogP contribution in [0, 0.1) is 0 Å². The van der Waals surface area contributed by atoms with E-state index in [1.165, 1.54) is 25.4 Å². The number of nitrogens with two attached hydrogens (primary N) is 2. The standard InChI is InChI=1S/C17H21N9O10S2/c1-17(2,14(29)30)36-24-10(8-6-37-15(18)21-8)12(27)22-11-9(26(13(11)28)38(32,33)34)4-25-20-3-7(23-25)5-35-16(19)31/h3,6,9,11H,4-5H2,1-2H3,(H2,18,21)(H2,19,31)(H,22,27)(H,29,30)(H,32,33,34). The number of nitrogens with zero attached hydrogens (tertiary/aromatic N) is 6. The van der Waals surface area contributed by atoms with Crippen molar-refractivity contribution in [3.63, 3.8) is 0 Å². The Morgan fingerprint density at radius 1 is 1.34 bits per heavy atom. The van der Waals surface area contributed by atoms with E-state index < -0.39 is 64.1 Å². The van der Waals surface area contributed by atoms with Gasteiger partial charge in [-0.05, 0) is 13.8 Å². The first-order valence-corrected chi connectivity index (χ1v) is 12.5. The summed E-state index contributed by atoms with van der Waals surface area (Å²) in [5, 5.41) is 24.2. The minimum Gasteiger partial charge on any atom is -0.478 e. The number of β-lactam (4-membered cyclic amide) rings is 1. The summed E-state index contributed by atoms with van der Waals surface area (Å²) < 4.78 is 37.7. The first kappa shape index (κ1) is 28.2. The Balaban J connectivity index is 1.85. The molecule has 0 bridgehead atoms. The average Bonchev–Trinajstić information content (AvgIpc) is 3.43. The second-order valence-electron chi connectivity index (χ2n) is 8.05. The molecule has 1 aliphatic heterocycles. The number of nitrogen functional groups attached to an aromatic ring is 1. The monoisotopic (exact) mass is 575 g/mol. The van der Waals surface area contributed by atoms with Crippen LogP contribution in [0.4, 0.5) is 9.93 Å². The van der Waals surface area contributed by atoms with E-state index in [0.29, 0.717) is 0 Å². The van der Waals surface area contributed by atoms with E-state index in [4.69, 9.17) is 16.3 Å². The lowest BCUT2D eigenvalue weighted by Crippen LogP contribution is -2.73. The van der Waals surface area contributed by atoms with Gasteiger partial charge in [0.05, 0.1) is 12.7 Å². The number of carbonyl (C=O) groups excluding carboxylic acids is 3. The van der Waals surface area contributed by atoms with Gasteiger partial charge >= 0.3 is 22.4 Å². The van der Waals surface area contributed by atoms with Crippen molar-refractivity contribution in [2.75, 3.05) is 5.73 Å². The van der Waals surface area contributed by atoms with Crippen LogP contribution in [0.3, 0.4) is 0 Å². The molecular formula is C17H21N9O10S2. The molecule has 0 aromatic carbocycles. The van der Waals surface area contributed by atoms with Gasteiger partial charge in [-0.1, -0.05) is 5.16 Å². The highest BCUT2D eigenvalue weighted by atomic mass is 32.2. The third kappa shape index (κ3) is 6.30. The third-order valence-corrected chi connectivity index (χ3v) is 6.48. The number of primary amides is 1. The number of oxime groups is 1. The second kappa shape index (κ2) is 10.5. The number of amides is 3. The maximum atomic E-state index is 13.1. The van der Waals surface area contributed by atoms with Crippen molar-refractivity contribution in [2.45, 2.75) is 44.7 Å². The molecule has 206 valence electrons. The fourth-order valence-corrected chi connectivity index (χ4v) is 4.37. The van der Waals surface area contributed by atoms with Gasteiger partial charge in [-0.25, -0.2) is 18.9 Å². The number of aliphatic carboxylic acids is 1. The predicted octanol–water partition coefficient (Wildman–Crippen LogP) is -2.31. The third-order valence-electron chi connectivity index (χ3n) is 4.86. The molecule has 21 heteroatoms. The number of rotatable bonds is 11. The zero-order valence-corrected chi connectivity index (χ0v) is 21.2. The number of carboxylic acids is 1. The smallest absolute Gasteiger partial charge is 0.404 e. The zero-order valence-electron chi connectivity index (χ0n) is 19.5. The Bertz CT molecular complexity index is 1400. The first-order valence-electron chi connectivity index (χ1n) is 10.2. The van der Waals surface area contributed by atoms with Crippen LogP contribution in [0.25, 0.3) is 0 Å². The molecule has 38 heavy (non-hydrogen) atoms. The highest BCUT2D eigenvalue weighted by Gasteiger charge is 2.54. The molecule has 0 saturated carbocycles. The first-order chi connectivity index (χ1) is 17.6. The van der Waals surface area contributed by atoms with E-state index in [2.05, 4.69) is 30.4 Å². The lowest BCUT2D eigenvalue weighted by Gasteiger charge is -2.43. The van der Waals surface area contributed by atoms with Gasteiger partial charge in [0.25, 0.3) is 11.8 Å². The summed E-state index contributed by atoms with van der Waals surface area (Å²) in [5.41, 5.74) is 8.07. The van der Waals surface area contributed by atoms with Crippen molar-refractivity contribution in [2.24, 2.45) is 10.9 Å². The van der Waals surface area contributed by atoms with Gasteiger partial charge in [-0.2, -0.15) is 23.4 Å². The molecule has 2 unspecified atom stereocenters. The number of thiazole rings is 1. The SMILES string of the molecule is CC(C)(ON=C(C(=O)NC1C(=O)N(S(=O)(=O)O)C1Cn1ncc(COC(N)=O)n1)c1csc(N)n1)C(=O)O. The summed E-state index contributed by atoms with van der Waals surface area (Å²) in [5.74, 6) is -3.69. The van der Waals surface area contributed by atoms with E-state index >= 15 is 0 Å². The number of nitrogens with one attached hydrogen (secondary N) is 1. The number of carbonyl (C=O) groups is 4.